The zero-order valence-corrected chi connectivity index (χ0v) is 16.9. The van der Waals surface area contributed by atoms with Crippen molar-refractivity contribution in [1.29, 1.82) is 0 Å². The lowest BCUT2D eigenvalue weighted by Gasteiger charge is -2.12. The summed E-state index contributed by atoms with van der Waals surface area (Å²) in [4.78, 5) is 24.8. The maximum absolute atomic E-state index is 12.6. The molecular formula is C24H25N3O3. The summed E-state index contributed by atoms with van der Waals surface area (Å²) < 4.78 is 5.14. The maximum Gasteiger partial charge on any atom is 0.257 e. The van der Waals surface area contributed by atoms with Gasteiger partial charge in [-0.25, -0.2) is 0 Å². The molecule has 0 aromatic heterocycles. The molecule has 3 rings (SSSR count). The number of nitrogens with one attached hydrogen (secondary N) is 3. The van der Waals surface area contributed by atoms with Gasteiger partial charge in [-0.15, -0.1) is 0 Å². The highest BCUT2D eigenvalue weighted by Gasteiger charge is 2.12. The summed E-state index contributed by atoms with van der Waals surface area (Å²) in [7, 11) is 1.63. The molecule has 0 saturated carbocycles. The zero-order valence-electron chi connectivity index (χ0n) is 16.9. The largest absolute Gasteiger partial charge is 0.497 e. The fourth-order valence-electron chi connectivity index (χ4n) is 2.93. The molecule has 0 unspecified atom stereocenters. The molecule has 6 heteroatoms. The van der Waals surface area contributed by atoms with E-state index >= 15 is 0 Å². The normalized spacial score (nSPS) is 10.2. The van der Waals surface area contributed by atoms with Gasteiger partial charge < -0.3 is 20.7 Å². The monoisotopic (exact) mass is 403 g/mol. The first kappa shape index (κ1) is 20.9. The Labute approximate surface area is 176 Å². The van der Waals surface area contributed by atoms with Gasteiger partial charge in [-0.1, -0.05) is 42.5 Å². The Kier molecular flexibility index (Phi) is 7.44. The van der Waals surface area contributed by atoms with Gasteiger partial charge in [0.15, 0.2) is 0 Å². The van der Waals surface area contributed by atoms with Crippen molar-refractivity contribution in [3.8, 4) is 5.75 Å². The van der Waals surface area contributed by atoms with Crippen molar-refractivity contribution in [1.82, 2.24) is 5.32 Å². The van der Waals surface area contributed by atoms with Crippen LogP contribution in [-0.4, -0.2) is 32.0 Å². The zero-order chi connectivity index (χ0) is 21.2. The van der Waals surface area contributed by atoms with Crippen LogP contribution in [0.1, 0.15) is 15.9 Å². The van der Waals surface area contributed by atoms with E-state index in [0.29, 0.717) is 23.5 Å². The molecule has 0 radical (unpaired) electrons. The molecule has 154 valence electrons. The van der Waals surface area contributed by atoms with Crippen molar-refractivity contribution in [2.24, 2.45) is 0 Å². The molecule has 0 heterocycles. The van der Waals surface area contributed by atoms with Gasteiger partial charge >= 0.3 is 0 Å². The number of hydrogen-bond donors (Lipinski definition) is 3. The summed E-state index contributed by atoms with van der Waals surface area (Å²) in [5.41, 5.74) is 2.92. The highest BCUT2D eigenvalue weighted by molar-refractivity contribution is 6.08. The van der Waals surface area contributed by atoms with Crippen LogP contribution in [0.3, 0.4) is 0 Å². The lowest BCUT2D eigenvalue weighted by Crippen LogP contribution is -2.31. The van der Waals surface area contributed by atoms with Gasteiger partial charge in [0.05, 0.1) is 19.2 Å². The van der Waals surface area contributed by atoms with Crippen molar-refractivity contribution in [2.75, 3.05) is 30.8 Å². The molecule has 3 N–H and O–H groups in total. The molecule has 3 aromatic rings. The van der Waals surface area contributed by atoms with Gasteiger partial charge in [0.25, 0.3) is 5.91 Å². The van der Waals surface area contributed by atoms with Crippen LogP contribution in [0, 0.1) is 0 Å². The van der Waals surface area contributed by atoms with E-state index in [1.807, 2.05) is 60.7 Å². The molecule has 0 aliphatic rings. The number of ether oxygens (including phenoxy) is 1. The second kappa shape index (κ2) is 10.7. The van der Waals surface area contributed by atoms with E-state index in [1.165, 1.54) is 0 Å². The smallest absolute Gasteiger partial charge is 0.257 e. The summed E-state index contributed by atoms with van der Waals surface area (Å²) in [6.45, 7) is 0.612. The van der Waals surface area contributed by atoms with Gasteiger partial charge in [0, 0.05) is 17.9 Å². The first-order valence-electron chi connectivity index (χ1n) is 9.74. The summed E-state index contributed by atoms with van der Waals surface area (Å²) in [6, 6.07) is 24.1. The van der Waals surface area contributed by atoms with Gasteiger partial charge in [0.2, 0.25) is 5.91 Å². The molecule has 0 spiro atoms. The minimum atomic E-state index is -0.232. The summed E-state index contributed by atoms with van der Waals surface area (Å²) in [5.74, 6) is 0.438. The Bertz CT molecular complexity index is 973. The average Bonchev–Trinajstić information content (AvgIpc) is 2.79. The van der Waals surface area contributed by atoms with Crippen molar-refractivity contribution >= 4 is 23.2 Å². The third-order valence-corrected chi connectivity index (χ3v) is 4.54. The maximum atomic E-state index is 12.6. The molecular weight excluding hydrogens is 378 g/mol. The number of rotatable bonds is 9. The van der Waals surface area contributed by atoms with Crippen LogP contribution < -0.4 is 20.7 Å². The molecule has 0 fully saturated rings. The van der Waals surface area contributed by atoms with Crippen LogP contribution in [-0.2, 0) is 11.2 Å². The molecule has 0 aliphatic heterocycles. The number of hydrogen-bond acceptors (Lipinski definition) is 4. The second-order valence-electron chi connectivity index (χ2n) is 6.67. The van der Waals surface area contributed by atoms with Crippen LogP contribution in [0.2, 0.25) is 0 Å². The summed E-state index contributed by atoms with van der Waals surface area (Å²) in [6.07, 6.45) is 0.728. The SMILES string of the molecule is COc1ccc(CCNC(=O)CNc2ccccc2C(=O)Nc2ccccc2)cc1. The number of methoxy groups -OCH3 is 1. The summed E-state index contributed by atoms with van der Waals surface area (Å²) >= 11 is 0. The van der Waals surface area contributed by atoms with Crippen molar-refractivity contribution in [2.45, 2.75) is 6.42 Å². The van der Waals surface area contributed by atoms with Crippen LogP contribution in [0.5, 0.6) is 5.75 Å². The number of para-hydroxylation sites is 2. The van der Waals surface area contributed by atoms with Crippen LogP contribution in [0.15, 0.2) is 78.9 Å². The number of amides is 2. The lowest BCUT2D eigenvalue weighted by molar-refractivity contribution is -0.119. The molecule has 6 nitrogen and oxygen atoms in total. The topological polar surface area (TPSA) is 79.5 Å². The molecule has 0 bridgehead atoms. The Morgan fingerprint density at radius 1 is 0.867 bits per heavy atom. The minimum absolute atomic E-state index is 0.0816. The van der Waals surface area contributed by atoms with E-state index in [2.05, 4.69) is 16.0 Å². The predicted octanol–water partition coefficient (Wildman–Crippen LogP) is 3.72. The Morgan fingerprint density at radius 2 is 1.57 bits per heavy atom. The van der Waals surface area contributed by atoms with E-state index in [-0.39, 0.29) is 18.4 Å². The second-order valence-corrected chi connectivity index (χ2v) is 6.67. The van der Waals surface area contributed by atoms with E-state index in [9.17, 15) is 9.59 Å². The molecule has 30 heavy (non-hydrogen) atoms. The molecule has 2 amide bonds. The van der Waals surface area contributed by atoms with E-state index < -0.39 is 0 Å². The third kappa shape index (κ3) is 6.10. The van der Waals surface area contributed by atoms with Gasteiger partial charge in [-0.3, -0.25) is 9.59 Å². The Morgan fingerprint density at radius 3 is 2.30 bits per heavy atom. The van der Waals surface area contributed by atoms with Crippen molar-refractivity contribution in [3.05, 3.63) is 90.0 Å². The van der Waals surface area contributed by atoms with Gasteiger partial charge in [0.1, 0.15) is 5.75 Å². The number of anilines is 2. The van der Waals surface area contributed by atoms with Crippen molar-refractivity contribution < 1.29 is 14.3 Å². The number of carbonyl (C=O) groups is 2. The van der Waals surface area contributed by atoms with Gasteiger partial charge in [-0.2, -0.15) is 0 Å². The first-order valence-corrected chi connectivity index (χ1v) is 9.74. The Balaban J connectivity index is 1.49. The standard InChI is InChI=1S/C24H25N3O3/c1-30-20-13-11-18(12-14-20)15-16-25-23(28)17-26-22-10-6-5-9-21(22)24(29)27-19-7-3-2-4-8-19/h2-14,26H,15-17H2,1H3,(H,25,28)(H,27,29). The molecule has 0 aliphatic carbocycles. The lowest BCUT2D eigenvalue weighted by atomic mass is 10.1. The molecule has 0 atom stereocenters. The van der Waals surface area contributed by atoms with Crippen LogP contribution in [0.25, 0.3) is 0 Å². The fourth-order valence-corrected chi connectivity index (χ4v) is 2.93. The number of carbonyl (C=O) groups excluding carboxylic acids is 2. The highest BCUT2D eigenvalue weighted by Crippen LogP contribution is 2.17. The average molecular weight is 403 g/mol. The van der Waals surface area contributed by atoms with Crippen LogP contribution in [0.4, 0.5) is 11.4 Å². The van der Waals surface area contributed by atoms with E-state index in [4.69, 9.17) is 4.74 Å². The molecule has 3 aromatic carbocycles. The van der Waals surface area contributed by atoms with Crippen LogP contribution >= 0.6 is 0 Å². The predicted molar refractivity (Wildman–Crippen MR) is 119 cm³/mol. The molecule has 0 saturated heterocycles. The van der Waals surface area contributed by atoms with Crippen molar-refractivity contribution in [3.63, 3.8) is 0 Å². The Hall–Kier alpha value is -3.80. The van der Waals surface area contributed by atoms with E-state index in [1.54, 1.807) is 25.3 Å². The van der Waals surface area contributed by atoms with E-state index in [0.717, 1.165) is 17.7 Å². The number of benzene rings is 3. The quantitative estimate of drug-likeness (QED) is 0.509. The third-order valence-electron chi connectivity index (χ3n) is 4.54. The summed E-state index contributed by atoms with van der Waals surface area (Å²) in [5, 5.41) is 8.80. The first-order chi connectivity index (χ1) is 14.7. The fraction of sp³-hybridized carbons (Fsp3) is 0.167. The highest BCUT2D eigenvalue weighted by atomic mass is 16.5. The minimum Gasteiger partial charge on any atom is -0.497 e. The van der Waals surface area contributed by atoms with Gasteiger partial charge in [-0.05, 0) is 48.4 Å².